The van der Waals surface area contributed by atoms with E-state index in [0.717, 1.165) is 0 Å². The van der Waals surface area contributed by atoms with Gasteiger partial charge in [0.25, 0.3) is 5.91 Å². The number of amides is 1. The Labute approximate surface area is 119 Å². The quantitative estimate of drug-likeness (QED) is 0.868. The summed E-state index contributed by atoms with van der Waals surface area (Å²) >= 11 is 0. The van der Waals surface area contributed by atoms with Crippen molar-refractivity contribution in [2.45, 2.75) is 33.8 Å². The normalized spacial score (nSPS) is 11.8. The summed E-state index contributed by atoms with van der Waals surface area (Å²) in [6.45, 7) is 8.51. The minimum Gasteiger partial charge on any atom is -0.481 e. The fraction of sp³-hybridized carbons (Fsp3) is 0.467. The van der Waals surface area contributed by atoms with Gasteiger partial charge < -0.3 is 14.7 Å². The summed E-state index contributed by atoms with van der Waals surface area (Å²) in [6.07, 6.45) is -0.593. The van der Waals surface area contributed by atoms with Gasteiger partial charge in [0, 0.05) is 13.1 Å². The largest absolute Gasteiger partial charge is 0.481 e. The number of carboxylic acid groups (broad SMARTS) is 1. The van der Waals surface area contributed by atoms with Gasteiger partial charge in [-0.05, 0) is 51.5 Å². The standard InChI is InChI=1S/C15H21NO4/c1-5-16(6-2)14(17)11(4)20-12-7-8-13(15(18)19)10(3)9-12/h7-9,11H,5-6H2,1-4H3,(H,18,19). The molecule has 0 aliphatic rings. The molecule has 0 radical (unpaired) electrons. The third kappa shape index (κ3) is 3.73. The van der Waals surface area contributed by atoms with E-state index in [1.54, 1.807) is 30.9 Å². The minimum absolute atomic E-state index is 0.0741. The van der Waals surface area contributed by atoms with Gasteiger partial charge in [0.05, 0.1) is 5.56 Å². The van der Waals surface area contributed by atoms with Gasteiger partial charge in [-0.25, -0.2) is 4.79 Å². The van der Waals surface area contributed by atoms with Crippen molar-refractivity contribution in [3.8, 4) is 5.75 Å². The molecule has 0 saturated heterocycles. The van der Waals surface area contributed by atoms with E-state index < -0.39 is 12.1 Å². The molecule has 5 heteroatoms. The molecule has 0 bridgehead atoms. The van der Waals surface area contributed by atoms with E-state index in [0.29, 0.717) is 24.4 Å². The number of likely N-dealkylation sites (N-methyl/N-ethyl adjacent to an activating group) is 1. The first-order chi connectivity index (χ1) is 9.40. The maximum atomic E-state index is 12.1. The van der Waals surface area contributed by atoms with Crippen molar-refractivity contribution in [2.24, 2.45) is 0 Å². The first-order valence-corrected chi connectivity index (χ1v) is 6.70. The molecule has 0 saturated carbocycles. The minimum atomic E-state index is -0.971. The average Bonchev–Trinajstić information content (AvgIpc) is 2.39. The zero-order valence-electron chi connectivity index (χ0n) is 12.3. The number of rotatable bonds is 6. The summed E-state index contributed by atoms with van der Waals surface area (Å²) in [7, 11) is 0. The monoisotopic (exact) mass is 279 g/mol. The Hall–Kier alpha value is -2.04. The third-order valence-corrected chi connectivity index (χ3v) is 3.16. The van der Waals surface area contributed by atoms with Crippen LogP contribution in [0.1, 0.15) is 36.7 Å². The van der Waals surface area contributed by atoms with Crippen LogP contribution in [0.3, 0.4) is 0 Å². The highest BCUT2D eigenvalue weighted by molar-refractivity contribution is 5.89. The second-order valence-corrected chi connectivity index (χ2v) is 4.55. The van der Waals surface area contributed by atoms with Crippen LogP contribution in [-0.2, 0) is 4.79 Å². The van der Waals surface area contributed by atoms with Crippen LogP contribution in [0.25, 0.3) is 0 Å². The van der Waals surface area contributed by atoms with Crippen molar-refractivity contribution in [3.05, 3.63) is 29.3 Å². The van der Waals surface area contributed by atoms with Gasteiger partial charge in [-0.1, -0.05) is 0 Å². The van der Waals surface area contributed by atoms with E-state index in [1.807, 2.05) is 13.8 Å². The second-order valence-electron chi connectivity index (χ2n) is 4.55. The fourth-order valence-corrected chi connectivity index (χ4v) is 2.00. The van der Waals surface area contributed by atoms with Crippen LogP contribution in [0, 0.1) is 6.92 Å². The molecule has 0 heterocycles. The predicted octanol–water partition coefficient (Wildman–Crippen LogP) is 2.33. The molecular formula is C15H21NO4. The summed E-state index contributed by atoms with van der Waals surface area (Å²) in [5, 5.41) is 8.96. The highest BCUT2D eigenvalue weighted by Crippen LogP contribution is 2.19. The Balaban J connectivity index is 2.81. The lowest BCUT2D eigenvalue weighted by molar-refractivity contribution is -0.137. The molecule has 1 atom stereocenters. The van der Waals surface area contributed by atoms with Gasteiger partial charge in [0.2, 0.25) is 0 Å². The molecule has 0 aromatic heterocycles. The molecular weight excluding hydrogens is 258 g/mol. The Bertz CT molecular complexity index is 495. The van der Waals surface area contributed by atoms with Crippen molar-refractivity contribution in [1.82, 2.24) is 4.90 Å². The molecule has 5 nitrogen and oxygen atoms in total. The number of carbonyl (C=O) groups is 2. The number of ether oxygens (including phenoxy) is 1. The summed E-state index contributed by atoms with van der Waals surface area (Å²) in [6, 6.07) is 4.69. The molecule has 20 heavy (non-hydrogen) atoms. The van der Waals surface area contributed by atoms with E-state index >= 15 is 0 Å². The number of carboxylic acids is 1. The number of carbonyl (C=O) groups excluding carboxylic acids is 1. The van der Waals surface area contributed by atoms with Crippen LogP contribution in [0.15, 0.2) is 18.2 Å². The van der Waals surface area contributed by atoms with E-state index in [4.69, 9.17) is 9.84 Å². The molecule has 0 fully saturated rings. The number of nitrogens with zero attached hydrogens (tertiary/aromatic N) is 1. The van der Waals surface area contributed by atoms with Crippen LogP contribution in [0.2, 0.25) is 0 Å². The van der Waals surface area contributed by atoms with Crippen LogP contribution < -0.4 is 4.74 Å². The molecule has 0 spiro atoms. The zero-order valence-corrected chi connectivity index (χ0v) is 12.3. The molecule has 1 rings (SSSR count). The number of benzene rings is 1. The van der Waals surface area contributed by atoms with Gasteiger partial charge in [-0.3, -0.25) is 4.79 Å². The lowest BCUT2D eigenvalue weighted by Crippen LogP contribution is -2.40. The van der Waals surface area contributed by atoms with Gasteiger partial charge in [-0.15, -0.1) is 0 Å². The van der Waals surface area contributed by atoms with Crippen LogP contribution in [0.5, 0.6) is 5.75 Å². The topological polar surface area (TPSA) is 66.8 Å². The highest BCUT2D eigenvalue weighted by atomic mass is 16.5. The summed E-state index contributed by atoms with van der Waals surface area (Å²) < 4.78 is 5.59. The van der Waals surface area contributed by atoms with Crippen LogP contribution in [-0.4, -0.2) is 41.1 Å². The lowest BCUT2D eigenvalue weighted by atomic mass is 10.1. The molecule has 1 aromatic rings. The van der Waals surface area contributed by atoms with Crippen LogP contribution in [0.4, 0.5) is 0 Å². The van der Waals surface area contributed by atoms with Crippen molar-refractivity contribution >= 4 is 11.9 Å². The summed E-state index contributed by atoms with van der Waals surface area (Å²) in [5.41, 5.74) is 0.845. The first-order valence-electron chi connectivity index (χ1n) is 6.70. The molecule has 0 aliphatic carbocycles. The second kappa shape index (κ2) is 6.93. The number of hydrogen-bond donors (Lipinski definition) is 1. The molecule has 110 valence electrons. The highest BCUT2D eigenvalue weighted by Gasteiger charge is 2.20. The molecule has 0 aliphatic heterocycles. The molecule has 1 amide bonds. The van der Waals surface area contributed by atoms with E-state index in [-0.39, 0.29) is 11.5 Å². The SMILES string of the molecule is CCN(CC)C(=O)C(C)Oc1ccc(C(=O)O)c(C)c1. The molecule has 1 aromatic carbocycles. The Kier molecular flexibility index (Phi) is 5.55. The van der Waals surface area contributed by atoms with Gasteiger partial charge in [-0.2, -0.15) is 0 Å². The predicted molar refractivity (Wildman–Crippen MR) is 76.2 cm³/mol. The maximum Gasteiger partial charge on any atom is 0.335 e. The van der Waals surface area contributed by atoms with Gasteiger partial charge >= 0.3 is 5.97 Å². The van der Waals surface area contributed by atoms with E-state index in [2.05, 4.69) is 0 Å². The smallest absolute Gasteiger partial charge is 0.335 e. The maximum absolute atomic E-state index is 12.1. The van der Waals surface area contributed by atoms with Crippen molar-refractivity contribution < 1.29 is 19.4 Å². The van der Waals surface area contributed by atoms with Crippen molar-refractivity contribution in [2.75, 3.05) is 13.1 Å². The first kappa shape index (κ1) is 16.0. The summed E-state index contributed by atoms with van der Waals surface area (Å²) in [4.78, 5) is 24.7. The lowest BCUT2D eigenvalue weighted by Gasteiger charge is -2.23. The zero-order chi connectivity index (χ0) is 15.3. The molecule has 1 N–H and O–H groups in total. The van der Waals surface area contributed by atoms with Crippen LogP contribution >= 0.6 is 0 Å². The number of aromatic carboxylic acids is 1. The fourth-order valence-electron chi connectivity index (χ4n) is 2.00. The third-order valence-electron chi connectivity index (χ3n) is 3.16. The van der Waals surface area contributed by atoms with E-state index in [1.165, 1.54) is 6.07 Å². The average molecular weight is 279 g/mol. The summed E-state index contributed by atoms with van der Waals surface area (Å²) in [5.74, 6) is -0.545. The Morgan fingerprint density at radius 1 is 1.30 bits per heavy atom. The Morgan fingerprint density at radius 3 is 2.35 bits per heavy atom. The Morgan fingerprint density at radius 2 is 1.90 bits per heavy atom. The number of aryl methyl sites for hydroxylation is 1. The van der Waals surface area contributed by atoms with Gasteiger partial charge in [0.15, 0.2) is 6.10 Å². The van der Waals surface area contributed by atoms with Crippen molar-refractivity contribution in [3.63, 3.8) is 0 Å². The molecule has 1 unspecified atom stereocenters. The van der Waals surface area contributed by atoms with Crippen molar-refractivity contribution in [1.29, 1.82) is 0 Å². The van der Waals surface area contributed by atoms with Gasteiger partial charge in [0.1, 0.15) is 5.75 Å². The number of hydrogen-bond acceptors (Lipinski definition) is 3. The van der Waals surface area contributed by atoms with E-state index in [9.17, 15) is 9.59 Å².